The molecule has 7 nitrogen and oxygen atoms in total. The molecule has 1 aromatic carbocycles. The van der Waals surface area contributed by atoms with Crippen LogP contribution in [-0.4, -0.2) is 42.0 Å². The van der Waals surface area contributed by atoms with Gasteiger partial charge in [-0.15, -0.1) is 0 Å². The Bertz CT molecular complexity index is 733. The van der Waals surface area contributed by atoms with Crippen LogP contribution >= 0.6 is 11.6 Å². The number of ether oxygens (including phenoxy) is 2. The molecule has 2 heterocycles. The van der Waals surface area contributed by atoms with E-state index >= 15 is 0 Å². The third-order valence-electron chi connectivity index (χ3n) is 3.84. The zero-order valence-electron chi connectivity index (χ0n) is 14.9. The summed E-state index contributed by atoms with van der Waals surface area (Å²) in [6.07, 6.45) is 4.71. The number of hydrogen-bond acceptors (Lipinski definition) is 4. The molecule has 26 heavy (non-hydrogen) atoms. The van der Waals surface area contributed by atoms with Crippen molar-refractivity contribution in [3.8, 4) is 11.5 Å². The number of nitrogens with one attached hydrogen (secondary N) is 2. The molecule has 0 bridgehead atoms. The molecule has 0 aliphatic carbocycles. The van der Waals surface area contributed by atoms with Crippen LogP contribution in [0.25, 0.3) is 0 Å². The summed E-state index contributed by atoms with van der Waals surface area (Å²) >= 11 is 6.28. The SMILES string of the molecule is CCNC(=NCc1cc(Cl)c2c(c1)OCCO2)NCCCn1cccn1. The Morgan fingerprint density at radius 3 is 3.00 bits per heavy atom. The van der Waals surface area contributed by atoms with Gasteiger partial charge in [0.15, 0.2) is 17.5 Å². The summed E-state index contributed by atoms with van der Waals surface area (Å²) in [4.78, 5) is 4.63. The van der Waals surface area contributed by atoms with Crippen LogP contribution in [0.5, 0.6) is 11.5 Å². The molecule has 140 valence electrons. The van der Waals surface area contributed by atoms with Gasteiger partial charge in [0, 0.05) is 32.0 Å². The fourth-order valence-electron chi connectivity index (χ4n) is 2.65. The highest BCUT2D eigenvalue weighted by molar-refractivity contribution is 6.32. The lowest BCUT2D eigenvalue weighted by atomic mass is 10.2. The molecule has 0 saturated carbocycles. The minimum Gasteiger partial charge on any atom is -0.486 e. The molecule has 1 aliphatic heterocycles. The van der Waals surface area contributed by atoms with E-state index in [1.165, 1.54) is 0 Å². The predicted octanol–water partition coefficient (Wildman–Crippen LogP) is 2.45. The molecule has 8 heteroatoms. The summed E-state index contributed by atoms with van der Waals surface area (Å²) in [5, 5.41) is 11.3. The molecule has 0 unspecified atom stereocenters. The quantitative estimate of drug-likeness (QED) is 0.440. The molecule has 0 radical (unpaired) electrons. The van der Waals surface area contributed by atoms with Gasteiger partial charge in [-0.05, 0) is 37.1 Å². The minimum atomic E-state index is 0.505. The van der Waals surface area contributed by atoms with Gasteiger partial charge in [0.1, 0.15) is 13.2 Å². The Balaban J connectivity index is 1.55. The summed E-state index contributed by atoms with van der Waals surface area (Å²) in [7, 11) is 0. The van der Waals surface area contributed by atoms with E-state index in [1.807, 2.05) is 36.0 Å². The molecular weight excluding hydrogens is 354 g/mol. The zero-order chi connectivity index (χ0) is 18.2. The van der Waals surface area contributed by atoms with Crippen molar-refractivity contribution in [1.82, 2.24) is 20.4 Å². The second kappa shape index (κ2) is 9.33. The summed E-state index contributed by atoms with van der Waals surface area (Å²) in [5.74, 6) is 2.08. The van der Waals surface area contributed by atoms with Gasteiger partial charge in [0.05, 0.1) is 11.6 Å². The highest BCUT2D eigenvalue weighted by Crippen LogP contribution is 2.38. The summed E-state index contributed by atoms with van der Waals surface area (Å²) in [6, 6.07) is 5.74. The molecule has 0 spiro atoms. The van der Waals surface area contributed by atoms with Gasteiger partial charge in [-0.3, -0.25) is 4.68 Å². The number of benzene rings is 1. The van der Waals surface area contributed by atoms with Crippen LogP contribution in [0.15, 0.2) is 35.6 Å². The molecule has 0 saturated heterocycles. The number of fused-ring (bicyclic) bond motifs is 1. The topological polar surface area (TPSA) is 72.7 Å². The van der Waals surface area contributed by atoms with Crippen LogP contribution in [0.4, 0.5) is 0 Å². The normalized spacial score (nSPS) is 13.5. The smallest absolute Gasteiger partial charge is 0.191 e. The van der Waals surface area contributed by atoms with Crippen LogP contribution in [0.1, 0.15) is 18.9 Å². The van der Waals surface area contributed by atoms with Gasteiger partial charge in [0.2, 0.25) is 0 Å². The molecule has 0 amide bonds. The Hall–Kier alpha value is -2.41. The summed E-state index contributed by atoms with van der Waals surface area (Å²) < 4.78 is 13.1. The fourth-order valence-corrected chi connectivity index (χ4v) is 2.94. The highest BCUT2D eigenvalue weighted by atomic mass is 35.5. The third kappa shape index (κ3) is 5.05. The number of rotatable bonds is 7. The Kier molecular flexibility index (Phi) is 6.60. The Labute approximate surface area is 158 Å². The lowest BCUT2D eigenvalue weighted by Gasteiger charge is -2.20. The first-order valence-corrected chi connectivity index (χ1v) is 9.21. The first kappa shape index (κ1) is 18.4. The predicted molar refractivity (Wildman–Crippen MR) is 102 cm³/mol. The van der Waals surface area contributed by atoms with E-state index in [-0.39, 0.29) is 0 Å². The summed E-state index contributed by atoms with van der Waals surface area (Å²) in [5.41, 5.74) is 0.980. The van der Waals surface area contributed by atoms with Crippen LogP contribution in [0.3, 0.4) is 0 Å². The molecular formula is C18H24ClN5O2. The zero-order valence-corrected chi connectivity index (χ0v) is 15.6. The number of aromatic nitrogens is 2. The van der Waals surface area contributed by atoms with Crippen LogP contribution in [0, 0.1) is 0 Å². The number of aliphatic imine (C=N–C) groups is 1. The fraction of sp³-hybridized carbons (Fsp3) is 0.444. The van der Waals surface area contributed by atoms with Crippen LogP contribution < -0.4 is 20.1 Å². The van der Waals surface area contributed by atoms with E-state index in [2.05, 4.69) is 20.7 Å². The number of guanidine groups is 1. The van der Waals surface area contributed by atoms with E-state index in [0.717, 1.165) is 37.6 Å². The molecule has 3 rings (SSSR count). The van der Waals surface area contributed by atoms with Gasteiger partial charge in [0.25, 0.3) is 0 Å². The van der Waals surface area contributed by atoms with Gasteiger partial charge >= 0.3 is 0 Å². The number of hydrogen-bond donors (Lipinski definition) is 2. The molecule has 0 fully saturated rings. The monoisotopic (exact) mass is 377 g/mol. The second-order valence-electron chi connectivity index (χ2n) is 5.85. The van der Waals surface area contributed by atoms with E-state index < -0.39 is 0 Å². The number of nitrogens with zero attached hydrogens (tertiary/aromatic N) is 3. The van der Waals surface area contributed by atoms with Crippen molar-refractivity contribution in [2.45, 2.75) is 26.4 Å². The molecule has 2 N–H and O–H groups in total. The van der Waals surface area contributed by atoms with E-state index in [0.29, 0.717) is 36.3 Å². The molecule has 2 aromatic rings. The minimum absolute atomic E-state index is 0.505. The standard InChI is InChI=1S/C18H24ClN5O2/c1-2-20-18(21-5-3-7-24-8-4-6-23-24)22-13-14-11-15(19)17-16(12-14)25-9-10-26-17/h4,6,8,11-12H,2-3,5,7,9-10,13H2,1H3,(H2,20,21,22). The number of halogens is 1. The Morgan fingerprint density at radius 1 is 1.31 bits per heavy atom. The van der Waals surface area contributed by atoms with E-state index in [4.69, 9.17) is 21.1 Å². The maximum atomic E-state index is 6.28. The third-order valence-corrected chi connectivity index (χ3v) is 4.12. The van der Waals surface area contributed by atoms with Crippen molar-refractivity contribution >= 4 is 17.6 Å². The van der Waals surface area contributed by atoms with Crippen molar-refractivity contribution in [1.29, 1.82) is 0 Å². The van der Waals surface area contributed by atoms with E-state index in [1.54, 1.807) is 6.20 Å². The van der Waals surface area contributed by atoms with Crippen molar-refractivity contribution in [2.24, 2.45) is 4.99 Å². The van der Waals surface area contributed by atoms with Crippen molar-refractivity contribution < 1.29 is 9.47 Å². The number of aryl methyl sites for hydroxylation is 1. The first-order valence-electron chi connectivity index (χ1n) is 8.84. The van der Waals surface area contributed by atoms with Gasteiger partial charge in [-0.2, -0.15) is 5.10 Å². The van der Waals surface area contributed by atoms with Crippen LogP contribution in [0.2, 0.25) is 5.02 Å². The lowest BCUT2D eigenvalue weighted by Crippen LogP contribution is -2.38. The molecule has 1 aromatic heterocycles. The van der Waals surface area contributed by atoms with Crippen LogP contribution in [-0.2, 0) is 13.1 Å². The summed E-state index contributed by atoms with van der Waals surface area (Å²) in [6.45, 7) is 6.10. The molecule has 0 atom stereocenters. The van der Waals surface area contributed by atoms with E-state index in [9.17, 15) is 0 Å². The average molecular weight is 378 g/mol. The van der Waals surface area contributed by atoms with Crippen molar-refractivity contribution in [3.63, 3.8) is 0 Å². The Morgan fingerprint density at radius 2 is 2.19 bits per heavy atom. The van der Waals surface area contributed by atoms with Gasteiger partial charge in [-0.25, -0.2) is 4.99 Å². The van der Waals surface area contributed by atoms with Crippen molar-refractivity contribution in [3.05, 3.63) is 41.2 Å². The largest absolute Gasteiger partial charge is 0.486 e. The lowest BCUT2D eigenvalue weighted by molar-refractivity contribution is 0.171. The average Bonchev–Trinajstić information content (AvgIpc) is 3.17. The maximum Gasteiger partial charge on any atom is 0.191 e. The van der Waals surface area contributed by atoms with Gasteiger partial charge in [-0.1, -0.05) is 11.6 Å². The maximum absolute atomic E-state index is 6.28. The first-order chi connectivity index (χ1) is 12.8. The second-order valence-corrected chi connectivity index (χ2v) is 6.25. The molecule has 1 aliphatic rings. The van der Waals surface area contributed by atoms with Gasteiger partial charge < -0.3 is 20.1 Å². The van der Waals surface area contributed by atoms with Crippen molar-refractivity contribution in [2.75, 3.05) is 26.3 Å². The highest BCUT2D eigenvalue weighted by Gasteiger charge is 2.16.